The molecule has 1 atom stereocenters. The van der Waals surface area contributed by atoms with E-state index in [1.54, 1.807) is 19.1 Å². The van der Waals surface area contributed by atoms with Gasteiger partial charge in [-0.3, -0.25) is 24.1 Å². The summed E-state index contributed by atoms with van der Waals surface area (Å²) in [5.41, 5.74) is 1.88. The van der Waals surface area contributed by atoms with Crippen LogP contribution in [0.5, 0.6) is 0 Å². The maximum Gasteiger partial charge on any atom is 0.261 e. The lowest BCUT2D eigenvalue weighted by molar-refractivity contribution is -0.129. The molecule has 6 nitrogen and oxygen atoms in total. The van der Waals surface area contributed by atoms with Crippen LogP contribution >= 0.6 is 0 Å². The lowest BCUT2D eigenvalue weighted by atomic mass is 10.00. The number of hydrogen-bond donors (Lipinski definition) is 1. The van der Waals surface area contributed by atoms with E-state index in [4.69, 9.17) is 0 Å². The molecular weight excluding hydrogens is 344 g/mol. The smallest absolute Gasteiger partial charge is 0.261 e. The molecule has 1 unspecified atom stereocenters. The Labute approximate surface area is 161 Å². The summed E-state index contributed by atoms with van der Waals surface area (Å²) in [5.74, 6) is -0.812. The van der Waals surface area contributed by atoms with Gasteiger partial charge >= 0.3 is 0 Å². The van der Waals surface area contributed by atoms with Crippen LogP contribution in [-0.4, -0.2) is 40.9 Å². The number of hydrogen-bond acceptors (Lipinski definition) is 5. The first-order valence-corrected chi connectivity index (χ1v) is 9.39. The van der Waals surface area contributed by atoms with E-state index >= 15 is 0 Å². The van der Waals surface area contributed by atoms with E-state index < -0.39 is 11.9 Å². The van der Waals surface area contributed by atoms with Gasteiger partial charge in [0.2, 0.25) is 6.41 Å². The van der Waals surface area contributed by atoms with Gasteiger partial charge in [0.05, 0.1) is 6.04 Å². The fourth-order valence-corrected chi connectivity index (χ4v) is 2.98. The second-order valence-corrected chi connectivity index (χ2v) is 7.05. The van der Waals surface area contributed by atoms with Gasteiger partial charge in [0, 0.05) is 30.1 Å². The lowest BCUT2D eigenvalue weighted by Crippen LogP contribution is -2.44. The van der Waals surface area contributed by atoms with Crippen LogP contribution in [0, 0.1) is 6.92 Å². The lowest BCUT2D eigenvalue weighted by Gasteiger charge is -2.25. The number of Topliss-reactive ketones (excluding diaryl/α,β-unsaturated/α-hetero) is 2. The predicted octanol–water partition coefficient (Wildman–Crippen LogP) is 3.52. The van der Waals surface area contributed by atoms with Crippen molar-refractivity contribution in [3.8, 4) is 0 Å². The number of carbonyl (C=O) groups is 4. The van der Waals surface area contributed by atoms with Crippen LogP contribution in [0.25, 0.3) is 0 Å². The molecule has 0 heterocycles. The van der Waals surface area contributed by atoms with Gasteiger partial charge in [-0.2, -0.15) is 0 Å². The second-order valence-electron chi connectivity index (χ2n) is 7.05. The van der Waals surface area contributed by atoms with Crippen LogP contribution < -0.4 is 5.32 Å². The summed E-state index contributed by atoms with van der Waals surface area (Å²) in [6.45, 7) is 9.02. The normalized spacial score (nSPS) is 11.8. The van der Waals surface area contributed by atoms with Gasteiger partial charge in [-0.1, -0.05) is 13.0 Å². The number of nitrogens with one attached hydrogen (secondary N) is 1. The van der Waals surface area contributed by atoms with Gasteiger partial charge in [0.25, 0.3) is 5.91 Å². The molecule has 0 aromatic heterocycles. The molecule has 1 aromatic carbocycles. The average Bonchev–Trinajstić information content (AvgIpc) is 2.59. The first kappa shape index (κ1) is 22.5. The van der Waals surface area contributed by atoms with E-state index in [1.165, 1.54) is 6.92 Å². The highest BCUT2D eigenvalue weighted by molar-refractivity contribution is 6.05. The zero-order chi connectivity index (χ0) is 20.6. The Bertz CT molecular complexity index is 697. The van der Waals surface area contributed by atoms with E-state index in [0.29, 0.717) is 24.0 Å². The number of rotatable bonds is 11. The molecule has 0 saturated heterocycles. The van der Waals surface area contributed by atoms with Gasteiger partial charge in [0.1, 0.15) is 5.78 Å². The number of carbonyl (C=O) groups excluding carboxylic acids is 4. The molecule has 1 N–H and O–H groups in total. The Kier molecular flexibility index (Phi) is 8.85. The molecule has 148 valence electrons. The number of nitrogens with zero attached hydrogens (tertiary/aromatic N) is 1. The monoisotopic (exact) mass is 374 g/mol. The highest BCUT2D eigenvalue weighted by atomic mass is 16.2. The third-order valence-electron chi connectivity index (χ3n) is 4.39. The Hall–Kier alpha value is -2.50. The summed E-state index contributed by atoms with van der Waals surface area (Å²) >= 11 is 0. The summed E-state index contributed by atoms with van der Waals surface area (Å²) in [5, 5.41) is 3.26. The maximum atomic E-state index is 13.0. The topological polar surface area (TPSA) is 83.6 Å². The summed E-state index contributed by atoms with van der Waals surface area (Å²) in [6, 6.07) is 4.49. The van der Waals surface area contributed by atoms with Gasteiger partial charge < -0.3 is 5.32 Å². The minimum absolute atomic E-state index is 0.0290. The minimum atomic E-state index is -0.933. The van der Waals surface area contributed by atoms with Gasteiger partial charge in [0.15, 0.2) is 5.78 Å². The summed E-state index contributed by atoms with van der Waals surface area (Å²) < 4.78 is 0. The summed E-state index contributed by atoms with van der Waals surface area (Å²) in [6.07, 6.45) is 1.88. The Morgan fingerprint density at radius 1 is 1.19 bits per heavy atom. The zero-order valence-corrected chi connectivity index (χ0v) is 16.9. The average molecular weight is 374 g/mol. The van der Waals surface area contributed by atoms with E-state index in [9.17, 15) is 19.2 Å². The molecule has 0 fully saturated rings. The number of amides is 2. The second kappa shape index (κ2) is 10.6. The third-order valence-corrected chi connectivity index (χ3v) is 4.39. The molecule has 0 aliphatic rings. The SMILES string of the molecule is CCCC(=O)CCC(C(C)=O)N(C=O)C(=O)c1cccc(NC(C)C)c1C. The molecule has 0 bridgehead atoms. The largest absolute Gasteiger partial charge is 0.383 e. The Morgan fingerprint density at radius 2 is 1.85 bits per heavy atom. The van der Waals surface area contributed by atoms with Crippen molar-refractivity contribution in [3.63, 3.8) is 0 Å². The molecule has 0 aliphatic heterocycles. The third kappa shape index (κ3) is 6.31. The first-order chi connectivity index (χ1) is 12.7. The van der Waals surface area contributed by atoms with Gasteiger partial charge in [-0.15, -0.1) is 0 Å². The molecule has 0 spiro atoms. The molecule has 0 radical (unpaired) electrons. The van der Waals surface area contributed by atoms with E-state index in [1.807, 2.05) is 26.8 Å². The fourth-order valence-electron chi connectivity index (χ4n) is 2.98. The van der Waals surface area contributed by atoms with Crippen molar-refractivity contribution in [1.29, 1.82) is 0 Å². The predicted molar refractivity (Wildman–Crippen MR) is 106 cm³/mol. The summed E-state index contributed by atoms with van der Waals surface area (Å²) in [4.78, 5) is 49.4. The maximum absolute atomic E-state index is 13.0. The number of anilines is 1. The highest BCUT2D eigenvalue weighted by Crippen LogP contribution is 2.22. The zero-order valence-electron chi connectivity index (χ0n) is 16.9. The molecule has 6 heteroatoms. The van der Waals surface area contributed by atoms with Crippen LogP contribution in [0.1, 0.15) is 69.3 Å². The van der Waals surface area contributed by atoms with E-state index in [2.05, 4.69) is 5.32 Å². The van der Waals surface area contributed by atoms with Crippen LogP contribution in [0.3, 0.4) is 0 Å². The number of imide groups is 1. The number of benzene rings is 1. The molecule has 2 amide bonds. The van der Waals surface area contributed by atoms with Crippen molar-refractivity contribution >= 4 is 29.6 Å². The fraction of sp³-hybridized carbons (Fsp3) is 0.524. The van der Waals surface area contributed by atoms with Crippen molar-refractivity contribution < 1.29 is 19.2 Å². The van der Waals surface area contributed by atoms with E-state index in [-0.39, 0.29) is 30.4 Å². The van der Waals surface area contributed by atoms with Crippen molar-refractivity contribution in [2.75, 3.05) is 5.32 Å². The van der Waals surface area contributed by atoms with E-state index in [0.717, 1.165) is 17.0 Å². The van der Waals surface area contributed by atoms with Crippen LogP contribution in [0.2, 0.25) is 0 Å². The molecule has 1 aromatic rings. The Morgan fingerprint density at radius 3 is 2.37 bits per heavy atom. The molecule has 0 saturated carbocycles. The van der Waals surface area contributed by atoms with Crippen LogP contribution in [-0.2, 0) is 14.4 Å². The minimum Gasteiger partial charge on any atom is -0.383 e. The van der Waals surface area contributed by atoms with Crippen molar-refractivity contribution in [1.82, 2.24) is 4.90 Å². The van der Waals surface area contributed by atoms with Gasteiger partial charge in [-0.05, 0) is 58.2 Å². The quantitative estimate of drug-likeness (QED) is 0.599. The molecule has 0 aliphatic carbocycles. The molecular formula is C21H30N2O4. The van der Waals surface area contributed by atoms with Crippen LogP contribution in [0.4, 0.5) is 5.69 Å². The van der Waals surface area contributed by atoms with Crippen molar-refractivity contribution in [2.24, 2.45) is 0 Å². The molecule has 1 rings (SSSR count). The first-order valence-electron chi connectivity index (χ1n) is 9.39. The standard InChI is InChI=1S/C21H30N2O4/c1-6-8-17(26)11-12-20(16(5)25)23(13-24)21(27)18-9-7-10-19(15(18)4)22-14(2)3/h7,9-10,13-14,20,22H,6,8,11-12H2,1-5H3. The molecule has 27 heavy (non-hydrogen) atoms. The summed E-state index contributed by atoms with van der Waals surface area (Å²) in [7, 11) is 0. The number of ketones is 2. The van der Waals surface area contributed by atoms with Crippen LogP contribution in [0.15, 0.2) is 18.2 Å². The van der Waals surface area contributed by atoms with Crippen molar-refractivity contribution in [3.05, 3.63) is 29.3 Å². The van der Waals surface area contributed by atoms with Crippen molar-refractivity contribution in [2.45, 2.75) is 72.4 Å². The van der Waals surface area contributed by atoms with Gasteiger partial charge in [-0.25, -0.2) is 0 Å². The highest BCUT2D eigenvalue weighted by Gasteiger charge is 2.29. The Balaban J connectivity index is 3.10.